The molecule has 6 heteroatoms. The zero-order chi connectivity index (χ0) is 15.4. The Morgan fingerprint density at radius 3 is 2.64 bits per heavy atom. The number of hydrogen-bond donors (Lipinski definition) is 3. The van der Waals surface area contributed by atoms with Crippen LogP contribution in [0.3, 0.4) is 0 Å². The molecule has 0 spiro atoms. The molecule has 1 saturated heterocycles. The highest BCUT2D eigenvalue weighted by molar-refractivity contribution is 6.30. The second kappa shape index (κ2) is 6.87. The molecule has 1 aromatic heterocycles. The Kier molecular flexibility index (Phi) is 4.68. The van der Waals surface area contributed by atoms with Gasteiger partial charge in [-0.05, 0) is 41.8 Å². The summed E-state index contributed by atoms with van der Waals surface area (Å²) >= 11 is 5.89. The number of benzene rings is 1. The number of pyridine rings is 1. The standard InChI is InChI=1S/C16H17ClN4O/c17-13-3-1-12(2-4-13)14-9-15(21-20-14)16(22)19-10-11-5-7-18-8-6-11/h1-8,14-15,20-21H,9-10H2,(H,19,22). The second-order valence-electron chi connectivity index (χ2n) is 5.25. The number of amides is 1. The molecule has 0 aliphatic carbocycles. The molecule has 3 rings (SSSR count). The van der Waals surface area contributed by atoms with Gasteiger partial charge in [0.2, 0.25) is 5.91 Å². The number of aromatic nitrogens is 1. The Morgan fingerprint density at radius 2 is 1.91 bits per heavy atom. The Hall–Kier alpha value is -1.95. The van der Waals surface area contributed by atoms with Crippen LogP contribution in [0.4, 0.5) is 0 Å². The Bertz CT molecular complexity index is 632. The lowest BCUT2D eigenvalue weighted by Gasteiger charge is -2.11. The molecular weight excluding hydrogens is 300 g/mol. The number of carbonyl (C=O) groups is 1. The van der Waals surface area contributed by atoms with Gasteiger partial charge in [-0.1, -0.05) is 23.7 Å². The van der Waals surface area contributed by atoms with E-state index in [2.05, 4.69) is 21.2 Å². The maximum absolute atomic E-state index is 12.2. The largest absolute Gasteiger partial charge is 0.351 e. The van der Waals surface area contributed by atoms with E-state index >= 15 is 0 Å². The first-order valence-corrected chi connectivity index (χ1v) is 7.53. The van der Waals surface area contributed by atoms with Crippen molar-refractivity contribution in [2.75, 3.05) is 0 Å². The zero-order valence-corrected chi connectivity index (χ0v) is 12.7. The quantitative estimate of drug-likeness (QED) is 0.807. The van der Waals surface area contributed by atoms with Gasteiger partial charge >= 0.3 is 0 Å². The second-order valence-corrected chi connectivity index (χ2v) is 5.69. The molecule has 1 amide bonds. The van der Waals surface area contributed by atoms with E-state index in [0.29, 0.717) is 18.0 Å². The van der Waals surface area contributed by atoms with E-state index < -0.39 is 0 Å². The Morgan fingerprint density at radius 1 is 1.18 bits per heavy atom. The highest BCUT2D eigenvalue weighted by Crippen LogP contribution is 2.23. The van der Waals surface area contributed by atoms with E-state index in [4.69, 9.17) is 11.6 Å². The molecule has 2 aromatic rings. The first-order valence-electron chi connectivity index (χ1n) is 7.15. The molecule has 3 N–H and O–H groups in total. The van der Waals surface area contributed by atoms with E-state index in [1.165, 1.54) is 0 Å². The van der Waals surface area contributed by atoms with Gasteiger partial charge in [-0.2, -0.15) is 0 Å². The lowest BCUT2D eigenvalue weighted by molar-refractivity contribution is -0.123. The molecule has 2 unspecified atom stereocenters. The van der Waals surface area contributed by atoms with Crippen LogP contribution in [0.2, 0.25) is 5.02 Å². The Labute approximate surface area is 134 Å². The Balaban J connectivity index is 1.53. The van der Waals surface area contributed by atoms with Gasteiger partial charge in [0, 0.05) is 30.0 Å². The van der Waals surface area contributed by atoms with Crippen LogP contribution in [0.5, 0.6) is 0 Å². The van der Waals surface area contributed by atoms with Crippen molar-refractivity contribution in [2.45, 2.75) is 25.0 Å². The van der Waals surface area contributed by atoms with Gasteiger partial charge in [-0.15, -0.1) is 0 Å². The van der Waals surface area contributed by atoms with Gasteiger partial charge in [0.05, 0.1) is 0 Å². The molecule has 0 saturated carbocycles. The van der Waals surface area contributed by atoms with Crippen molar-refractivity contribution < 1.29 is 4.79 Å². The van der Waals surface area contributed by atoms with Crippen LogP contribution in [0.1, 0.15) is 23.6 Å². The maximum Gasteiger partial charge on any atom is 0.238 e. The molecule has 5 nitrogen and oxygen atoms in total. The summed E-state index contributed by atoms with van der Waals surface area (Å²) < 4.78 is 0. The summed E-state index contributed by atoms with van der Waals surface area (Å²) in [5.41, 5.74) is 8.35. The number of hydrazine groups is 1. The summed E-state index contributed by atoms with van der Waals surface area (Å²) in [5, 5.41) is 3.64. The van der Waals surface area contributed by atoms with Crippen molar-refractivity contribution in [3.05, 3.63) is 64.9 Å². The molecule has 0 bridgehead atoms. The van der Waals surface area contributed by atoms with Crippen LogP contribution in [0, 0.1) is 0 Å². The van der Waals surface area contributed by atoms with Gasteiger partial charge in [0.25, 0.3) is 0 Å². The van der Waals surface area contributed by atoms with Crippen molar-refractivity contribution in [1.82, 2.24) is 21.2 Å². The molecule has 1 aromatic carbocycles. The molecular formula is C16H17ClN4O. The molecule has 1 aliphatic heterocycles. The number of carbonyl (C=O) groups excluding carboxylic acids is 1. The van der Waals surface area contributed by atoms with Crippen molar-refractivity contribution >= 4 is 17.5 Å². The maximum atomic E-state index is 12.2. The lowest BCUT2D eigenvalue weighted by Crippen LogP contribution is -2.42. The summed E-state index contributed by atoms with van der Waals surface area (Å²) in [4.78, 5) is 16.2. The van der Waals surface area contributed by atoms with Gasteiger partial charge in [-0.3, -0.25) is 9.78 Å². The smallest absolute Gasteiger partial charge is 0.238 e. The fourth-order valence-electron chi connectivity index (χ4n) is 2.45. The summed E-state index contributed by atoms with van der Waals surface area (Å²) in [6.45, 7) is 0.505. The van der Waals surface area contributed by atoms with Gasteiger partial charge in [0.15, 0.2) is 0 Å². The van der Waals surface area contributed by atoms with Crippen molar-refractivity contribution in [3.8, 4) is 0 Å². The predicted molar refractivity (Wildman–Crippen MR) is 85.0 cm³/mol. The van der Waals surface area contributed by atoms with Crippen LogP contribution >= 0.6 is 11.6 Å². The van der Waals surface area contributed by atoms with Crippen LogP contribution in [0.15, 0.2) is 48.8 Å². The minimum Gasteiger partial charge on any atom is -0.351 e. The van der Waals surface area contributed by atoms with E-state index in [-0.39, 0.29) is 18.0 Å². The first-order chi connectivity index (χ1) is 10.7. The molecule has 114 valence electrons. The lowest BCUT2D eigenvalue weighted by atomic mass is 10.0. The molecule has 2 heterocycles. The zero-order valence-electron chi connectivity index (χ0n) is 11.9. The van der Waals surface area contributed by atoms with Crippen LogP contribution in [0.25, 0.3) is 0 Å². The minimum absolute atomic E-state index is 0.0132. The monoisotopic (exact) mass is 316 g/mol. The van der Waals surface area contributed by atoms with Crippen LogP contribution in [-0.4, -0.2) is 16.9 Å². The number of hydrogen-bond acceptors (Lipinski definition) is 4. The number of rotatable bonds is 4. The molecule has 0 radical (unpaired) electrons. The van der Waals surface area contributed by atoms with Crippen molar-refractivity contribution in [2.24, 2.45) is 0 Å². The summed E-state index contributed by atoms with van der Waals surface area (Å²) in [5.74, 6) is -0.0132. The van der Waals surface area contributed by atoms with Gasteiger partial charge in [0.1, 0.15) is 6.04 Å². The fraction of sp³-hybridized carbons (Fsp3) is 0.250. The summed E-state index contributed by atoms with van der Waals surface area (Å²) in [7, 11) is 0. The summed E-state index contributed by atoms with van der Waals surface area (Å²) in [6.07, 6.45) is 4.13. The first kappa shape index (κ1) is 15.0. The van der Waals surface area contributed by atoms with Crippen molar-refractivity contribution in [1.29, 1.82) is 0 Å². The topological polar surface area (TPSA) is 66.0 Å². The highest BCUT2D eigenvalue weighted by atomic mass is 35.5. The molecule has 2 atom stereocenters. The van der Waals surface area contributed by atoms with E-state index in [0.717, 1.165) is 11.1 Å². The average Bonchev–Trinajstić information content (AvgIpc) is 3.04. The number of nitrogens with one attached hydrogen (secondary N) is 3. The average molecular weight is 317 g/mol. The van der Waals surface area contributed by atoms with E-state index in [9.17, 15) is 4.79 Å². The molecule has 1 aliphatic rings. The third-order valence-corrected chi connectivity index (χ3v) is 3.96. The fourth-order valence-corrected chi connectivity index (χ4v) is 2.58. The number of halogens is 1. The van der Waals surface area contributed by atoms with Gasteiger partial charge in [-0.25, -0.2) is 10.9 Å². The predicted octanol–water partition coefficient (Wildman–Crippen LogP) is 1.96. The third kappa shape index (κ3) is 3.62. The van der Waals surface area contributed by atoms with Crippen LogP contribution in [-0.2, 0) is 11.3 Å². The number of nitrogens with zero attached hydrogens (tertiary/aromatic N) is 1. The summed E-state index contributed by atoms with van der Waals surface area (Å²) in [6, 6.07) is 11.3. The minimum atomic E-state index is -0.248. The van der Waals surface area contributed by atoms with Crippen molar-refractivity contribution in [3.63, 3.8) is 0 Å². The highest BCUT2D eigenvalue weighted by Gasteiger charge is 2.29. The SMILES string of the molecule is O=C(NCc1ccncc1)C1CC(c2ccc(Cl)cc2)NN1. The molecule has 22 heavy (non-hydrogen) atoms. The molecule has 1 fully saturated rings. The van der Waals surface area contributed by atoms with E-state index in [1.807, 2.05) is 36.4 Å². The normalized spacial score (nSPS) is 20.8. The third-order valence-electron chi connectivity index (χ3n) is 3.71. The van der Waals surface area contributed by atoms with Gasteiger partial charge < -0.3 is 5.32 Å². The van der Waals surface area contributed by atoms with E-state index in [1.54, 1.807) is 12.4 Å². The van der Waals surface area contributed by atoms with Crippen LogP contribution < -0.4 is 16.2 Å².